The Bertz CT molecular complexity index is 1560. The SMILES string of the molecule is Cc1ccc(-[n+]2ccc(-c3ccnc(-c4cc(-c5cc[n+](-c6ccc(C)cc6)cc5)ccn4)c3)cc2)cc1. The lowest BCUT2D eigenvalue weighted by atomic mass is 10.0. The lowest BCUT2D eigenvalue weighted by molar-refractivity contribution is -0.595. The highest BCUT2D eigenvalue weighted by atomic mass is 14.9. The monoisotopic (exact) mass is 492 g/mol. The van der Waals surface area contributed by atoms with Crippen LogP contribution in [0.4, 0.5) is 0 Å². The van der Waals surface area contributed by atoms with Crippen LogP contribution in [0.15, 0.2) is 134 Å². The van der Waals surface area contributed by atoms with E-state index in [1.165, 1.54) is 11.1 Å². The molecule has 0 saturated heterocycles. The van der Waals surface area contributed by atoms with E-state index in [0.29, 0.717) is 0 Å². The van der Waals surface area contributed by atoms with E-state index in [-0.39, 0.29) is 0 Å². The molecule has 6 rings (SSSR count). The Morgan fingerprint density at radius 2 is 0.789 bits per heavy atom. The van der Waals surface area contributed by atoms with Crippen molar-refractivity contribution in [1.82, 2.24) is 9.97 Å². The fraction of sp³-hybridized carbons (Fsp3) is 0.0588. The molecule has 0 bridgehead atoms. The minimum absolute atomic E-state index is 0.852. The fourth-order valence-electron chi connectivity index (χ4n) is 4.52. The number of hydrogen-bond donors (Lipinski definition) is 0. The Balaban J connectivity index is 1.25. The average molecular weight is 493 g/mol. The van der Waals surface area contributed by atoms with Crippen molar-refractivity contribution in [2.45, 2.75) is 13.8 Å². The molecule has 0 aliphatic rings. The molecule has 4 heterocycles. The van der Waals surface area contributed by atoms with Gasteiger partial charge < -0.3 is 0 Å². The van der Waals surface area contributed by atoms with Crippen LogP contribution in [-0.2, 0) is 0 Å². The number of aryl methyl sites for hydroxylation is 2. The summed E-state index contributed by atoms with van der Waals surface area (Å²) in [5.41, 5.74) is 11.0. The Labute approximate surface area is 223 Å². The zero-order valence-corrected chi connectivity index (χ0v) is 21.5. The van der Waals surface area contributed by atoms with E-state index in [1.54, 1.807) is 0 Å². The van der Waals surface area contributed by atoms with E-state index >= 15 is 0 Å². The van der Waals surface area contributed by atoms with Gasteiger partial charge in [0.2, 0.25) is 11.4 Å². The fourth-order valence-corrected chi connectivity index (χ4v) is 4.52. The van der Waals surface area contributed by atoms with Gasteiger partial charge in [-0.1, -0.05) is 35.4 Å². The van der Waals surface area contributed by atoms with Crippen molar-refractivity contribution in [3.05, 3.63) is 145 Å². The lowest BCUT2D eigenvalue weighted by Crippen LogP contribution is -2.28. The molecule has 0 radical (unpaired) electrons. The number of hydrogen-bond acceptors (Lipinski definition) is 2. The standard InChI is InChI=1S/C34H28N4/c1-25-3-7-31(8-4-25)37-19-13-27(14-20-37)29-11-17-35-33(23-29)34-24-30(12-18-36-34)28-15-21-38(22-16-28)32-9-5-26(2)6-10-32/h3-24H,1-2H3/q+2. The molecule has 0 N–H and O–H groups in total. The Hall–Kier alpha value is -4.96. The van der Waals surface area contributed by atoms with Gasteiger partial charge in [-0.25, -0.2) is 0 Å². The van der Waals surface area contributed by atoms with Crippen LogP contribution in [0.2, 0.25) is 0 Å². The number of benzene rings is 2. The van der Waals surface area contributed by atoms with E-state index in [1.807, 2.05) is 24.5 Å². The quantitative estimate of drug-likeness (QED) is 0.253. The summed E-state index contributed by atoms with van der Waals surface area (Å²) in [5, 5.41) is 0. The molecule has 0 aliphatic carbocycles. The first-order chi connectivity index (χ1) is 18.6. The zero-order chi connectivity index (χ0) is 25.9. The van der Waals surface area contributed by atoms with Gasteiger partial charge in [-0.2, -0.15) is 9.13 Å². The summed E-state index contributed by atoms with van der Waals surface area (Å²) in [6, 6.07) is 33.9. The van der Waals surface area contributed by atoms with Gasteiger partial charge in [0.1, 0.15) is 0 Å². The van der Waals surface area contributed by atoms with Crippen molar-refractivity contribution in [3.63, 3.8) is 0 Å². The summed E-state index contributed by atoms with van der Waals surface area (Å²) in [5.74, 6) is 0. The molecule has 0 atom stereocenters. The smallest absolute Gasteiger partial charge is 0.210 e. The normalized spacial score (nSPS) is 10.9. The van der Waals surface area contributed by atoms with Gasteiger partial charge in [0.25, 0.3) is 0 Å². The second-order valence-electron chi connectivity index (χ2n) is 9.52. The molecule has 0 aliphatic heterocycles. The van der Waals surface area contributed by atoms with Crippen molar-refractivity contribution in [1.29, 1.82) is 0 Å². The molecule has 0 spiro atoms. The van der Waals surface area contributed by atoms with Crippen LogP contribution < -0.4 is 9.13 Å². The van der Waals surface area contributed by atoms with Crippen LogP contribution in [0.3, 0.4) is 0 Å². The molecule has 4 heteroatoms. The summed E-state index contributed by atoms with van der Waals surface area (Å²) >= 11 is 0. The molecule has 0 fully saturated rings. The molecular formula is C34H28N4+2. The van der Waals surface area contributed by atoms with Crippen LogP contribution >= 0.6 is 0 Å². The van der Waals surface area contributed by atoms with Gasteiger partial charge >= 0.3 is 0 Å². The Morgan fingerprint density at radius 3 is 1.16 bits per heavy atom. The molecular weight excluding hydrogens is 464 g/mol. The summed E-state index contributed by atoms with van der Waals surface area (Å²) < 4.78 is 4.25. The average Bonchev–Trinajstić information content (AvgIpc) is 2.98. The van der Waals surface area contributed by atoms with E-state index in [9.17, 15) is 0 Å². The van der Waals surface area contributed by atoms with Gasteiger partial charge in [-0.15, -0.1) is 0 Å². The van der Waals surface area contributed by atoms with E-state index < -0.39 is 0 Å². The molecule has 4 nitrogen and oxygen atoms in total. The van der Waals surface area contributed by atoms with Gasteiger partial charge in [0.15, 0.2) is 24.8 Å². The number of nitrogens with zero attached hydrogens (tertiary/aromatic N) is 4. The van der Waals surface area contributed by atoms with Crippen molar-refractivity contribution >= 4 is 0 Å². The Morgan fingerprint density at radius 1 is 0.421 bits per heavy atom. The second-order valence-corrected chi connectivity index (χ2v) is 9.52. The first kappa shape index (κ1) is 23.4. The minimum atomic E-state index is 0.852. The summed E-state index contributed by atoms with van der Waals surface area (Å²) in [6.45, 7) is 4.20. The lowest BCUT2D eigenvalue weighted by Gasteiger charge is -2.07. The third-order valence-electron chi connectivity index (χ3n) is 6.77. The highest BCUT2D eigenvalue weighted by Gasteiger charge is 2.11. The van der Waals surface area contributed by atoms with E-state index in [0.717, 1.165) is 45.0 Å². The van der Waals surface area contributed by atoms with Crippen LogP contribution in [0, 0.1) is 13.8 Å². The highest BCUT2D eigenvalue weighted by molar-refractivity contribution is 5.72. The highest BCUT2D eigenvalue weighted by Crippen LogP contribution is 2.26. The van der Waals surface area contributed by atoms with Crippen molar-refractivity contribution in [2.24, 2.45) is 0 Å². The van der Waals surface area contributed by atoms with Crippen LogP contribution in [0.25, 0.3) is 45.0 Å². The van der Waals surface area contributed by atoms with Crippen LogP contribution in [0.1, 0.15) is 11.1 Å². The molecule has 0 saturated carbocycles. The number of aromatic nitrogens is 4. The third kappa shape index (κ3) is 4.97. The maximum atomic E-state index is 4.63. The molecule has 0 unspecified atom stereocenters. The van der Waals surface area contributed by atoms with Gasteiger partial charge in [-0.3, -0.25) is 9.97 Å². The van der Waals surface area contributed by atoms with E-state index in [4.69, 9.17) is 0 Å². The van der Waals surface area contributed by atoms with Crippen molar-refractivity contribution < 1.29 is 9.13 Å². The van der Waals surface area contributed by atoms with Crippen LogP contribution in [0.5, 0.6) is 0 Å². The number of pyridine rings is 4. The molecule has 2 aromatic carbocycles. The molecule has 0 amide bonds. The molecule has 38 heavy (non-hydrogen) atoms. The molecule has 6 aromatic rings. The maximum absolute atomic E-state index is 4.63. The summed E-state index contributed by atoms with van der Waals surface area (Å²) in [4.78, 5) is 9.26. The predicted octanol–water partition coefficient (Wildman–Crippen LogP) is 6.65. The Kier molecular flexibility index (Phi) is 6.29. The largest absolute Gasteiger partial charge is 0.255 e. The summed E-state index contributed by atoms with van der Waals surface area (Å²) in [7, 11) is 0. The van der Waals surface area contributed by atoms with Crippen molar-refractivity contribution in [3.8, 4) is 45.0 Å². The van der Waals surface area contributed by atoms with Gasteiger partial charge in [-0.05, 0) is 60.4 Å². The minimum Gasteiger partial charge on any atom is -0.255 e. The first-order valence-corrected chi connectivity index (χ1v) is 12.7. The predicted molar refractivity (Wildman–Crippen MR) is 151 cm³/mol. The first-order valence-electron chi connectivity index (χ1n) is 12.7. The zero-order valence-electron chi connectivity index (χ0n) is 21.5. The van der Waals surface area contributed by atoms with Crippen molar-refractivity contribution in [2.75, 3.05) is 0 Å². The molecule has 4 aromatic heterocycles. The van der Waals surface area contributed by atoms with Crippen LogP contribution in [-0.4, -0.2) is 9.97 Å². The second kappa shape index (κ2) is 10.2. The summed E-state index contributed by atoms with van der Waals surface area (Å²) in [6.07, 6.45) is 12.1. The topological polar surface area (TPSA) is 33.5 Å². The third-order valence-corrected chi connectivity index (χ3v) is 6.77. The van der Waals surface area contributed by atoms with Gasteiger partial charge in [0, 0.05) is 60.9 Å². The molecule has 182 valence electrons. The van der Waals surface area contributed by atoms with Gasteiger partial charge in [0.05, 0.1) is 11.4 Å². The number of rotatable bonds is 5. The maximum Gasteiger partial charge on any atom is 0.210 e. The van der Waals surface area contributed by atoms with E-state index in [2.05, 4.69) is 143 Å².